The van der Waals surface area contributed by atoms with Crippen LogP contribution in [0.4, 0.5) is 0 Å². The molecule has 1 amide bonds. The second-order valence-electron chi connectivity index (χ2n) is 7.34. The Morgan fingerprint density at radius 1 is 1.26 bits per heavy atom. The smallest absolute Gasteiger partial charge is 0.253 e. The number of carbonyl (C=O) groups excluding carboxylic acids is 1. The van der Waals surface area contributed by atoms with E-state index in [-0.39, 0.29) is 18.4 Å². The van der Waals surface area contributed by atoms with E-state index in [0.29, 0.717) is 24.6 Å². The largest absolute Gasteiger partial charge is 0.396 e. The maximum Gasteiger partial charge on any atom is 0.253 e. The molecule has 0 aliphatic carbocycles. The molecule has 2 N–H and O–H groups in total. The summed E-state index contributed by atoms with van der Waals surface area (Å²) in [4.78, 5) is 24.6. The summed E-state index contributed by atoms with van der Waals surface area (Å²) in [6.45, 7) is 5.69. The van der Waals surface area contributed by atoms with E-state index in [1.54, 1.807) is 12.4 Å². The lowest BCUT2D eigenvalue weighted by molar-refractivity contribution is 0.0264. The highest BCUT2D eigenvalue weighted by molar-refractivity contribution is 5.95. The summed E-state index contributed by atoms with van der Waals surface area (Å²) in [7, 11) is 0. The number of likely N-dealkylation sites (tertiary alicyclic amines) is 1. The van der Waals surface area contributed by atoms with Gasteiger partial charge in [0, 0.05) is 68.8 Å². The van der Waals surface area contributed by atoms with Crippen LogP contribution < -0.4 is 0 Å². The maximum absolute atomic E-state index is 13.0. The van der Waals surface area contributed by atoms with Crippen molar-refractivity contribution < 1.29 is 14.6 Å². The lowest BCUT2D eigenvalue weighted by Gasteiger charge is -2.30. The van der Waals surface area contributed by atoms with Gasteiger partial charge in [-0.1, -0.05) is 12.1 Å². The zero-order chi connectivity index (χ0) is 18.6. The summed E-state index contributed by atoms with van der Waals surface area (Å²) in [5.74, 6) is 1.20. The maximum atomic E-state index is 13.0. The van der Waals surface area contributed by atoms with Crippen molar-refractivity contribution in [3.63, 3.8) is 0 Å². The molecule has 27 heavy (non-hydrogen) atoms. The van der Waals surface area contributed by atoms with Crippen molar-refractivity contribution >= 4 is 5.91 Å². The molecule has 0 unspecified atom stereocenters. The molecule has 0 spiro atoms. The lowest BCUT2D eigenvalue weighted by atomic mass is 9.96. The Balaban J connectivity index is 1.45. The number of nitrogens with one attached hydrogen (secondary N) is 1. The number of aliphatic hydroxyl groups is 1. The van der Waals surface area contributed by atoms with Crippen molar-refractivity contribution in [3.8, 4) is 11.4 Å². The highest BCUT2D eigenvalue weighted by atomic mass is 16.5. The van der Waals surface area contributed by atoms with Gasteiger partial charge in [0.05, 0.1) is 13.2 Å². The molecule has 4 rings (SSSR count). The number of carbonyl (C=O) groups is 1. The Hall–Kier alpha value is -2.22. The van der Waals surface area contributed by atoms with Crippen LogP contribution in [0.5, 0.6) is 0 Å². The van der Waals surface area contributed by atoms with Crippen molar-refractivity contribution in [1.82, 2.24) is 19.8 Å². The third-order valence-corrected chi connectivity index (χ3v) is 5.58. The molecule has 7 heteroatoms. The zero-order valence-electron chi connectivity index (χ0n) is 15.4. The summed E-state index contributed by atoms with van der Waals surface area (Å²) in [5.41, 5.74) is 1.56. The summed E-state index contributed by atoms with van der Waals surface area (Å²) in [5, 5.41) is 9.81. The number of ether oxygens (including phenoxy) is 1. The third kappa shape index (κ3) is 4.05. The minimum atomic E-state index is 0.0198. The molecule has 2 saturated heterocycles. The second-order valence-corrected chi connectivity index (χ2v) is 7.34. The summed E-state index contributed by atoms with van der Waals surface area (Å²) in [6.07, 6.45) is 3.47. The molecule has 2 atom stereocenters. The molecule has 0 radical (unpaired) electrons. The molecule has 1 aromatic carbocycles. The molecule has 2 fully saturated rings. The highest BCUT2D eigenvalue weighted by Crippen LogP contribution is 2.27. The van der Waals surface area contributed by atoms with Gasteiger partial charge in [0.25, 0.3) is 5.91 Å². The summed E-state index contributed by atoms with van der Waals surface area (Å²) >= 11 is 0. The SMILES string of the molecule is O=C(c1cccc(-c2ncc[nH]2)c1)N1C[C@@H](CN2CCOCC2)[C@@H](CO)C1. The molecule has 144 valence electrons. The van der Waals surface area contributed by atoms with E-state index in [4.69, 9.17) is 4.74 Å². The van der Waals surface area contributed by atoms with Crippen molar-refractivity contribution in [2.75, 3.05) is 52.5 Å². The quantitative estimate of drug-likeness (QED) is 0.823. The van der Waals surface area contributed by atoms with Crippen molar-refractivity contribution in [1.29, 1.82) is 0 Å². The molecule has 2 aliphatic rings. The number of amides is 1. The molecule has 1 aromatic heterocycles. The van der Waals surface area contributed by atoms with Crippen LogP contribution in [0.25, 0.3) is 11.4 Å². The van der Waals surface area contributed by atoms with Gasteiger partial charge >= 0.3 is 0 Å². The molecule has 7 nitrogen and oxygen atoms in total. The number of nitrogens with zero attached hydrogens (tertiary/aromatic N) is 3. The van der Waals surface area contributed by atoms with Gasteiger partial charge in [-0.05, 0) is 18.1 Å². The minimum absolute atomic E-state index is 0.0198. The van der Waals surface area contributed by atoms with Gasteiger partial charge in [-0.2, -0.15) is 0 Å². The fourth-order valence-corrected chi connectivity index (χ4v) is 4.04. The van der Waals surface area contributed by atoms with Crippen LogP contribution in [0.3, 0.4) is 0 Å². The van der Waals surface area contributed by atoms with Gasteiger partial charge in [0.1, 0.15) is 5.82 Å². The van der Waals surface area contributed by atoms with Gasteiger partial charge in [-0.15, -0.1) is 0 Å². The Kier molecular flexibility index (Phi) is 5.52. The van der Waals surface area contributed by atoms with E-state index in [2.05, 4.69) is 14.9 Å². The van der Waals surface area contributed by atoms with Gasteiger partial charge in [0.15, 0.2) is 0 Å². The molecule has 0 saturated carbocycles. The number of aliphatic hydroxyl groups excluding tert-OH is 1. The number of aromatic nitrogens is 2. The predicted molar refractivity (Wildman–Crippen MR) is 101 cm³/mol. The number of aromatic amines is 1. The van der Waals surface area contributed by atoms with Crippen LogP contribution in [0.2, 0.25) is 0 Å². The number of morpholine rings is 1. The van der Waals surface area contributed by atoms with E-state index >= 15 is 0 Å². The molecule has 3 heterocycles. The van der Waals surface area contributed by atoms with E-state index in [1.807, 2.05) is 29.2 Å². The van der Waals surface area contributed by atoms with Crippen LogP contribution in [0, 0.1) is 11.8 Å². The predicted octanol–water partition coefficient (Wildman–Crippen LogP) is 1.09. The van der Waals surface area contributed by atoms with Crippen LogP contribution >= 0.6 is 0 Å². The van der Waals surface area contributed by atoms with Crippen molar-refractivity contribution in [3.05, 3.63) is 42.2 Å². The third-order valence-electron chi connectivity index (χ3n) is 5.58. The fraction of sp³-hybridized carbons (Fsp3) is 0.500. The Morgan fingerprint density at radius 3 is 2.81 bits per heavy atom. The fourth-order valence-electron chi connectivity index (χ4n) is 4.04. The lowest BCUT2D eigenvalue weighted by Crippen LogP contribution is -2.41. The molecule has 0 bridgehead atoms. The number of H-pyrrole nitrogens is 1. The topological polar surface area (TPSA) is 81.7 Å². The van der Waals surface area contributed by atoms with Crippen molar-refractivity contribution in [2.24, 2.45) is 11.8 Å². The van der Waals surface area contributed by atoms with Gasteiger partial charge < -0.3 is 19.7 Å². The average Bonchev–Trinajstić information content (AvgIpc) is 3.38. The number of benzene rings is 1. The van der Waals surface area contributed by atoms with E-state index in [1.165, 1.54) is 0 Å². The van der Waals surface area contributed by atoms with Gasteiger partial charge in [0.2, 0.25) is 0 Å². The van der Waals surface area contributed by atoms with Gasteiger partial charge in [-0.25, -0.2) is 4.98 Å². The molecule has 2 aliphatic heterocycles. The first-order valence-electron chi connectivity index (χ1n) is 9.54. The molecule has 2 aromatic rings. The first-order valence-corrected chi connectivity index (χ1v) is 9.54. The zero-order valence-corrected chi connectivity index (χ0v) is 15.4. The Bertz CT molecular complexity index is 758. The first-order chi connectivity index (χ1) is 13.2. The number of rotatable bonds is 5. The first kappa shape index (κ1) is 18.2. The minimum Gasteiger partial charge on any atom is -0.396 e. The second kappa shape index (κ2) is 8.21. The van der Waals surface area contributed by atoms with Crippen molar-refractivity contribution in [2.45, 2.75) is 0 Å². The normalized spacial score (nSPS) is 23.7. The summed E-state index contributed by atoms with van der Waals surface area (Å²) < 4.78 is 5.41. The number of imidazole rings is 1. The van der Waals surface area contributed by atoms with E-state index < -0.39 is 0 Å². The monoisotopic (exact) mass is 370 g/mol. The van der Waals surface area contributed by atoms with Crippen LogP contribution in [0.1, 0.15) is 10.4 Å². The summed E-state index contributed by atoms with van der Waals surface area (Å²) in [6, 6.07) is 7.55. The van der Waals surface area contributed by atoms with Crippen LogP contribution in [-0.2, 0) is 4.74 Å². The van der Waals surface area contributed by atoms with Gasteiger partial charge in [-0.3, -0.25) is 9.69 Å². The Labute approximate surface area is 159 Å². The highest BCUT2D eigenvalue weighted by Gasteiger charge is 2.36. The van der Waals surface area contributed by atoms with E-state index in [0.717, 1.165) is 44.2 Å². The number of hydrogen-bond donors (Lipinski definition) is 2. The molecular formula is C20H26N4O3. The molecular weight excluding hydrogens is 344 g/mol. The van der Waals surface area contributed by atoms with Crippen LogP contribution in [-0.4, -0.2) is 83.3 Å². The average molecular weight is 370 g/mol. The standard InChI is InChI=1S/C20H26N4O3/c25-14-18-13-24(12-17(18)11-23-6-8-27-9-7-23)20(26)16-3-1-2-15(10-16)19-21-4-5-22-19/h1-5,10,17-18,25H,6-9,11-14H2,(H,21,22)/t17-,18-/m1/s1. The number of hydrogen-bond acceptors (Lipinski definition) is 5. The Morgan fingerprint density at radius 2 is 2.07 bits per heavy atom. The van der Waals surface area contributed by atoms with E-state index in [9.17, 15) is 9.90 Å². The van der Waals surface area contributed by atoms with Crippen LogP contribution in [0.15, 0.2) is 36.7 Å².